The summed E-state index contributed by atoms with van der Waals surface area (Å²) >= 11 is 1.50. The molecule has 7 heteroatoms. The molecule has 24 heavy (non-hydrogen) atoms. The quantitative estimate of drug-likeness (QED) is 0.782. The highest BCUT2D eigenvalue weighted by atomic mass is 32.2. The first-order valence-corrected chi connectivity index (χ1v) is 8.75. The van der Waals surface area contributed by atoms with Gasteiger partial charge in [0.2, 0.25) is 0 Å². The molecule has 1 aromatic rings. The van der Waals surface area contributed by atoms with E-state index >= 15 is 0 Å². The molecule has 0 aliphatic rings. The van der Waals surface area contributed by atoms with Crippen molar-refractivity contribution in [2.45, 2.75) is 57.4 Å². The number of aryl methyl sites for hydroxylation is 1. The number of carbonyl (C=O) groups excluding carboxylic acids is 1. The zero-order valence-electron chi connectivity index (χ0n) is 14.8. The molecule has 0 spiro atoms. The summed E-state index contributed by atoms with van der Waals surface area (Å²) < 4.78 is 4.47. The summed E-state index contributed by atoms with van der Waals surface area (Å²) in [5.41, 5.74) is 0.464. The number of ether oxygens (including phenoxy) is 1. The molecule has 1 rings (SSSR count). The number of alkyl carbamates (subject to hydrolysis) is 1. The highest BCUT2D eigenvalue weighted by Gasteiger charge is 2.38. The van der Waals surface area contributed by atoms with Gasteiger partial charge in [0.1, 0.15) is 11.6 Å². The van der Waals surface area contributed by atoms with Crippen LogP contribution in [0.5, 0.6) is 0 Å². The van der Waals surface area contributed by atoms with Crippen LogP contribution < -0.4 is 5.32 Å². The summed E-state index contributed by atoms with van der Waals surface area (Å²) in [6.45, 7) is 8.81. The molecule has 0 radical (unpaired) electrons. The summed E-state index contributed by atoms with van der Waals surface area (Å²) in [6.07, 6.45) is 3.54. The summed E-state index contributed by atoms with van der Waals surface area (Å²) in [6, 6.07) is 2.82. The van der Waals surface area contributed by atoms with Crippen molar-refractivity contribution in [3.8, 4) is 0 Å². The Labute approximate surface area is 147 Å². The molecule has 134 valence electrons. The number of rotatable bonds is 7. The molecule has 0 fully saturated rings. The lowest BCUT2D eigenvalue weighted by Gasteiger charge is -2.32. The minimum atomic E-state index is -1.08. The monoisotopic (exact) mass is 354 g/mol. The Morgan fingerprint density at radius 2 is 1.83 bits per heavy atom. The molecule has 2 N–H and O–H groups in total. The number of carboxylic acids is 1. The summed E-state index contributed by atoms with van der Waals surface area (Å²) in [7, 11) is 0. The number of nitrogens with one attached hydrogen (secondary N) is 1. The zero-order valence-corrected chi connectivity index (χ0v) is 15.6. The van der Waals surface area contributed by atoms with E-state index in [1.54, 1.807) is 47.0 Å². The number of thioether (sulfide) groups is 1. The first-order valence-electron chi connectivity index (χ1n) is 7.76. The molecule has 0 aliphatic heterocycles. The van der Waals surface area contributed by atoms with E-state index in [0.29, 0.717) is 0 Å². The van der Waals surface area contributed by atoms with E-state index in [-0.39, 0.29) is 0 Å². The van der Waals surface area contributed by atoms with Crippen LogP contribution in [0.3, 0.4) is 0 Å². The van der Waals surface area contributed by atoms with Gasteiger partial charge in [0.05, 0.1) is 0 Å². The smallest absolute Gasteiger partial charge is 0.408 e. The molecule has 0 aliphatic carbocycles. The van der Waals surface area contributed by atoms with Crippen LogP contribution in [0.2, 0.25) is 0 Å². The zero-order chi connectivity index (χ0) is 18.4. The third-order valence-corrected chi connectivity index (χ3v) is 4.61. The lowest BCUT2D eigenvalue weighted by Crippen LogP contribution is -2.53. The van der Waals surface area contributed by atoms with Gasteiger partial charge < -0.3 is 15.2 Å². The number of amides is 1. The lowest BCUT2D eigenvalue weighted by molar-refractivity contribution is -0.140. The van der Waals surface area contributed by atoms with Crippen LogP contribution in [0.15, 0.2) is 24.5 Å². The van der Waals surface area contributed by atoms with Gasteiger partial charge in [-0.25, -0.2) is 9.59 Å². The van der Waals surface area contributed by atoms with Crippen molar-refractivity contribution in [2.24, 2.45) is 0 Å². The average Bonchev–Trinajstić information content (AvgIpc) is 2.43. The van der Waals surface area contributed by atoms with E-state index in [1.807, 2.05) is 12.1 Å². The largest absolute Gasteiger partial charge is 0.480 e. The van der Waals surface area contributed by atoms with Gasteiger partial charge in [-0.2, -0.15) is 11.8 Å². The predicted molar refractivity (Wildman–Crippen MR) is 95.3 cm³/mol. The van der Waals surface area contributed by atoms with Crippen molar-refractivity contribution in [1.82, 2.24) is 10.3 Å². The van der Waals surface area contributed by atoms with Crippen LogP contribution in [-0.2, 0) is 16.0 Å². The lowest BCUT2D eigenvalue weighted by atomic mass is 10.0. The van der Waals surface area contributed by atoms with E-state index in [0.717, 1.165) is 17.7 Å². The number of hydrogen-bond donors (Lipinski definition) is 2. The minimum Gasteiger partial charge on any atom is -0.480 e. The van der Waals surface area contributed by atoms with Gasteiger partial charge in [-0.15, -0.1) is 0 Å². The van der Waals surface area contributed by atoms with Crippen molar-refractivity contribution in [1.29, 1.82) is 0 Å². The first-order chi connectivity index (χ1) is 11.0. The van der Waals surface area contributed by atoms with Crippen LogP contribution in [0.4, 0.5) is 4.79 Å². The van der Waals surface area contributed by atoms with Crippen molar-refractivity contribution < 1.29 is 19.4 Å². The van der Waals surface area contributed by atoms with Crippen molar-refractivity contribution in [3.05, 3.63) is 30.1 Å². The molecule has 0 bridgehead atoms. The maximum absolute atomic E-state index is 11.9. The van der Waals surface area contributed by atoms with Crippen LogP contribution in [0, 0.1) is 0 Å². The maximum Gasteiger partial charge on any atom is 0.408 e. The van der Waals surface area contributed by atoms with Crippen LogP contribution in [0.1, 0.15) is 40.2 Å². The highest BCUT2D eigenvalue weighted by Crippen LogP contribution is 2.29. The van der Waals surface area contributed by atoms with E-state index in [4.69, 9.17) is 4.74 Å². The molecular formula is C17H26N2O4S. The number of pyridine rings is 1. The molecule has 0 saturated heterocycles. The predicted octanol–water partition coefficient (Wildman–Crippen LogP) is 3.11. The third kappa shape index (κ3) is 7.21. The molecule has 0 saturated carbocycles. The molecule has 1 atom stereocenters. The van der Waals surface area contributed by atoms with Gasteiger partial charge >= 0.3 is 12.1 Å². The van der Waals surface area contributed by atoms with Gasteiger partial charge in [-0.05, 0) is 64.5 Å². The van der Waals surface area contributed by atoms with Crippen LogP contribution in [-0.4, -0.2) is 44.3 Å². The number of carbonyl (C=O) groups is 2. The van der Waals surface area contributed by atoms with E-state index < -0.39 is 28.5 Å². The van der Waals surface area contributed by atoms with Gasteiger partial charge in [0, 0.05) is 17.1 Å². The normalized spacial score (nSPS) is 13.2. The molecule has 6 nitrogen and oxygen atoms in total. The fourth-order valence-corrected chi connectivity index (χ4v) is 3.21. The van der Waals surface area contributed by atoms with Gasteiger partial charge in [0.25, 0.3) is 0 Å². The van der Waals surface area contributed by atoms with E-state index in [2.05, 4.69) is 10.3 Å². The second kappa shape index (κ2) is 8.37. The summed E-state index contributed by atoms with van der Waals surface area (Å²) in [5, 5.41) is 12.0. The van der Waals surface area contributed by atoms with Crippen molar-refractivity contribution >= 4 is 23.8 Å². The first kappa shape index (κ1) is 20.3. The Bertz CT molecular complexity index is 555. The Kier molecular flexibility index (Phi) is 7.08. The fourth-order valence-electron chi connectivity index (χ4n) is 2.02. The summed E-state index contributed by atoms with van der Waals surface area (Å²) in [4.78, 5) is 27.5. The molecule has 1 aromatic heterocycles. The standard InChI is InChI=1S/C17H26N2O4S/c1-16(2,3)23-15(22)19-13(14(20)21)17(4,5)24-11-8-12-6-9-18-10-7-12/h6-7,9-10,13H,8,11H2,1-5H3,(H,19,22)(H,20,21). The number of nitrogens with zero attached hydrogens (tertiary/aromatic N) is 1. The molecular weight excluding hydrogens is 328 g/mol. The fraction of sp³-hybridized carbons (Fsp3) is 0.588. The van der Waals surface area contributed by atoms with Crippen molar-refractivity contribution in [2.75, 3.05) is 5.75 Å². The Morgan fingerprint density at radius 3 is 2.33 bits per heavy atom. The van der Waals surface area contributed by atoms with Gasteiger partial charge in [0.15, 0.2) is 0 Å². The Morgan fingerprint density at radius 1 is 1.25 bits per heavy atom. The van der Waals surface area contributed by atoms with Crippen LogP contribution >= 0.6 is 11.8 Å². The Balaban J connectivity index is 2.64. The number of carboxylic acid groups (broad SMARTS) is 1. The van der Waals surface area contributed by atoms with Gasteiger partial charge in [-0.3, -0.25) is 4.98 Å². The van der Waals surface area contributed by atoms with E-state index in [1.165, 1.54) is 11.8 Å². The third-order valence-electron chi connectivity index (χ3n) is 3.22. The molecule has 1 amide bonds. The van der Waals surface area contributed by atoms with Gasteiger partial charge in [-0.1, -0.05) is 0 Å². The second-order valence-electron chi connectivity index (χ2n) is 6.97. The van der Waals surface area contributed by atoms with Crippen LogP contribution in [0.25, 0.3) is 0 Å². The topological polar surface area (TPSA) is 88.5 Å². The molecule has 1 unspecified atom stereocenters. The van der Waals surface area contributed by atoms with E-state index in [9.17, 15) is 14.7 Å². The minimum absolute atomic E-state index is 0.675. The highest BCUT2D eigenvalue weighted by molar-refractivity contribution is 8.00. The Hall–Kier alpha value is -1.76. The molecule has 0 aromatic carbocycles. The maximum atomic E-state index is 11.9. The average molecular weight is 354 g/mol. The summed E-state index contributed by atoms with van der Waals surface area (Å²) in [5.74, 6) is -0.348. The SMILES string of the molecule is CC(C)(C)OC(=O)NC(C(=O)O)C(C)(C)SCCc1ccncc1. The van der Waals surface area contributed by atoms with Crippen molar-refractivity contribution in [3.63, 3.8) is 0 Å². The number of aliphatic carboxylic acids is 1. The number of hydrogen-bond acceptors (Lipinski definition) is 5. The molecule has 1 heterocycles. The number of aromatic nitrogens is 1. The second-order valence-corrected chi connectivity index (χ2v) is 8.72.